The van der Waals surface area contributed by atoms with Gasteiger partial charge in [-0.25, -0.2) is 4.98 Å². The summed E-state index contributed by atoms with van der Waals surface area (Å²) >= 11 is 1.41. The highest BCUT2D eigenvalue weighted by Gasteiger charge is 2.11. The van der Waals surface area contributed by atoms with Crippen LogP contribution in [0.5, 0.6) is 11.5 Å². The molecule has 4 aromatic rings. The van der Waals surface area contributed by atoms with Crippen molar-refractivity contribution in [1.29, 1.82) is 0 Å². The van der Waals surface area contributed by atoms with Gasteiger partial charge in [-0.2, -0.15) is 0 Å². The Balaban J connectivity index is 1.43. The van der Waals surface area contributed by atoms with Crippen LogP contribution in [-0.2, 0) is 0 Å². The zero-order chi connectivity index (χ0) is 20.2. The number of carbonyl (C=O) groups excluding carboxylic acids is 1. The normalized spacial score (nSPS) is 10.6. The molecule has 3 aromatic carbocycles. The first-order valence-electron chi connectivity index (χ1n) is 8.92. The quantitative estimate of drug-likeness (QED) is 0.455. The Morgan fingerprint density at radius 2 is 1.48 bits per heavy atom. The van der Waals surface area contributed by atoms with Gasteiger partial charge < -0.3 is 14.8 Å². The van der Waals surface area contributed by atoms with Gasteiger partial charge in [-0.05, 0) is 66.7 Å². The fourth-order valence-electron chi connectivity index (χ4n) is 2.80. The van der Waals surface area contributed by atoms with E-state index < -0.39 is 0 Å². The molecule has 1 aromatic heterocycles. The molecule has 0 saturated heterocycles. The van der Waals surface area contributed by atoms with Gasteiger partial charge in [0.1, 0.15) is 11.5 Å². The third-order valence-corrected chi connectivity index (χ3v) is 5.28. The van der Waals surface area contributed by atoms with Gasteiger partial charge in [0.25, 0.3) is 5.91 Å². The minimum Gasteiger partial charge on any atom is -0.497 e. The molecule has 0 saturated carbocycles. The first-order valence-corrected chi connectivity index (χ1v) is 9.73. The van der Waals surface area contributed by atoms with Crippen molar-refractivity contribution in [1.82, 2.24) is 4.98 Å². The number of nitrogens with zero attached hydrogens (tertiary/aromatic N) is 1. The lowest BCUT2D eigenvalue weighted by molar-refractivity contribution is 0.102. The van der Waals surface area contributed by atoms with E-state index in [-0.39, 0.29) is 5.91 Å². The molecule has 0 aliphatic heterocycles. The molecule has 6 nitrogen and oxygen atoms in total. The van der Waals surface area contributed by atoms with E-state index in [2.05, 4.69) is 15.6 Å². The van der Waals surface area contributed by atoms with Gasteiger partial charge in [-0.15, -0.1) is 0 Å². The van der Waals surface area contributed by atoms with E-state index in [1.165, 1.54) is 11.3 Å². The molecular formula is C22H19N3O3S. The molecule has 4 rings (SSSR count). The molecule has 0 aliphatic rings. The van der Waals surface area contributed by atoms with Gasteiger partial charge in [0.15, 0.2) is 5.13 Å². The first kappa shape index (κ1) is 18.8. The highest BCUT2D eigenvalue weighted by atomic mass is 32.1. The monoisotopic (exact) mass is 405 g/mol. The lowest BCUT2D eigenvalue weighted by Gasteiger charge is -2.08. The number of fused-ring (bicyclic) bond motifs is 1. The van der Waals surface area contributed by atoms with Crippen molar-refractivity contribution in [3.63, 3.8) is 0 Å². The van der Waals surface area contributed by atoms with Gasteiger partial charge >= 0.3 is 0 Å². The number of amides is 1. The summed E-state index contributed by atoms with van der Waals surface area (Å²) in [7, 11) is 3.26. The number of anilines is 3. The van der Waals surface area contributed by atoms with E-state index in [0.29, 0.717) is 10.7 Å². The molecule has 0 atom stereocenters. The van der Waals surface area contributed by atoms with Crippen molar-refractivity contribution in [2.24, 2.45) is 0 Å². The second-order valence-corrected chi connectivity index (χ2v) is 7.27. The van der Waals surface area contributed by atoms with Crippen LogP contribution in [0.2, 0.25) is 0 Å². The number of benzene rings is 3. The number of carbonyl (C=O) groups is 1. The van der Waals surface area contributed by atoms with Crippen LogP contribution in [-0.4, -0.2) is 25.1 Å². The summed E-state index contributed by atoms with van der Waals surface area (Å²) in [6.45, 7) is 0. The summed E-state index contributed by atoms with van der Waals surface area (Å²) in [5.41, 5.74) is 3.21. The fourth-order valence-corrected chi connectivity index (χ4v) is 3.69. The summed E-state index contributed by atoms with van der Waals surface area (Å²) in [5, 5.41) is 6.70. The van der Waals surface area contributed by atoms with Crippen LogP contribution in [0.4, 0.5) is 16.5 Å². The Morgan fingerprint density at radius 1 is 0.862 bits per heavy atom. The summed E-state index contributed by atoms with van der Waals surface area (Å²) in [4.78, 5) is 17.0. The first-order chi connectivity index (χ1) is 14.1. The van der Waals surface area contributed by atoms with Crippen LogP contribution in [0.1, 0.15) is 10.4 Å². The fraction of sp³-hybridized carbons (Fsp3) is 0.0909. The summed E-state index contributed by atoms with van der Waals surface area (Å²) in [6, 6.07) is 20.5. The Hall–Kier alpha value is -3.58. The van der Waals surface area contributed by atoms with Gasteiger partial charge in [-0.3, -0.25) is 10.1 Å². The van der Waals surface area contributed by atoms with Crippen molar-refractivity contribution >= 4 is 44.0 Å². The van der Waals surface area contributed by atoms with Gasteiger partial charge in [-0.1, -0.05) is 11.3 Å². The highest BCUT2D eigenvalue weighted by molar-refractivity contribution is 7.22. The van der Waals surface area contributed by atoms with Gasteiger partial charge in [0, 0.05) is 16.9 Å². The minimum absolute atomic E-state index is 0.202. The second kappa shape index (κ2) is 8.20. The Bertz CT molecular complexity index is 1140. The van der Waals surface area contributed by atoms with Crippen LogP contribution in [0.15, 0.2) is 66.7 Å². The largest absolute Gasteiger partial charge is 0.497 e. The van der Waals surface area contributed by atoms with Crippen molar-refractivity contribution in [3.8, 4) is 11.5 Å². The molecule has 1 heterocycles. The lowest BCUT2D eigenvalue weighted by atomic mass is 10.2. The number of nitrogens with one attached hydrogen (secondary N) is 2. The molecule has 1 amide bonds. The number of methoxy groups -OCH3 is 2. The number of hydrogen-bond acceptors (Lipinski definition) is 6. The summed E-state index contributed by atoms with van der Waals surface area (Å²) in [6.07, 6.45) is 0. The Labute approximate surface area is 172 Å². The Morgan fingerprint density at radius 3 is 2.14 bits per heavy atom. The minimum atomic E-state index is -0.202. The lowest BCUT2D eigenvalue weighted by Crippen LogP contribution is -2.11. The van der Waals surface area contributed by atoms with Crippen LogP contribution < -0.4 is 20.1 Å². The Kier molecular flexibility index (Phi) is 5.31. The van der Waals surface area contributed by atoms with E-state index in [4.69, 9.17) is 9.47 Å². The maximum Gasteiger partial charge on any atom is 0.257 e. The molecule has 7 heteroatoms. The van der Waals surface area contributed by atoms with E-state index in [1.807, 2.05) is 54.6 Å². The maximum atomic E-state index is 12.6. The average Bonchev–Trinajstić information content (AvgIpc) is 3.16. The molecule has 0 unspecified atom stereocenters. The summed E-state index contributed by atoms with van der Waals surface area (Å²) in [5.74, 6) is 1.36. The number of rotatable bonds is 6. The van der Waals surface area contributed by atoms with Crippen molar-refractivity contribution < 1.29 is 14.3 Å². The third kappa shape index (κ3) is 4.30. The van der Waals surface area contributed by atoms with Crippen LogP contribution in [0, 0.1) is 0 Å². The molecule has 0 spiro atoms. The third-order valence-electron chi connectivity index (χ3n) is 4.34. The molecular weight excluding hydrogens is 386 g/mol. The van der Waals surface area contributed by atoms with Gasteiger partial charge in [0.2, 0.25) is 0 Å². The zero-order valence-electron chi connectivity index (χ0n) is 15.9. The maximum absolute atomic E-state index is 12.6. The SMILES string of the molecule is COc1ccc(Nc2ccc(C(=O)Nc3nc4ccc(OC)cc4s3)cc2)cc1. The van der Waals surface area contributed by atoms with Crippen molar-refractivity contribution in [2.45, 2.75) is 0 Å². The smallest absolute Gasteiger partial charge is 0.257 e. The molecule has 0 fully saturated rings. The zero-order valence-corrected chi connectivity index (χ0v) is 16.7. The summed E-state index contributed by atoms with van der Waals surface area (Å²) < 4.78 is 11.3. The van der Waals surface area contributed by atoms with Crippen LogP contribution in [0.3, 0.4) is 0 Å². The predicted molar refractivity (Wildman–Crippen MR) is 117 cm³/mol. The topological polar surface area (TPSA) is 72.5 Å². The highest BCUT2D eigenvalue weighted by Crippen LogP contribution is 2.29. The number of aromatic nitrogens is 1. The molecule has 146 valence electrons. The van der Waals surface area contributed by atoms with Crippen molar-refractivity contribution in [3.05, 3.63) is 72.3 Å². The number of hydrogen-bond donors (Lipinski definition) is 2. The van der Waals surface area contributed by atoms with Gasteiger partial charge in [0.05, 0.1) is 24.4 Å². The van der Waals surface area contributed by atoms with E-state index in [9.17, 15) is 4.79 Å². The second-order valence-electron chi connectivity index (χ2n) is 6.24. The van der Waals surface area contributed by atoms with Crippen LogP contribution >= 0.6 is 11.3 Å². The van der Waals surface area contributed by atoms with E-state index in [0.717, 1.165) is 33.1 Å². The standard InChI is InChI=1S/C22H19N3O3S/c1-27-17-9-7-16(8-10-17)23-15-5-3-14(4-6-15)21(26)25-22-24-19-12-11-18(28-2)13-20(19)29-22/h3-13,23H,1-2H3,(H,24,25,26). The molecule has 29 heavy (non-hydrogen) atoms. The number of thiazole rings is 1. The molecule has 0 aliphatic carbocycles. The van der Waals surface area contributed by atoms with Crippen molar-refractivity contribution in [2.75, 3.05) is 24.9 Å². The average molecular weight is 405 g/mol. The van der Waals surface area contributed by atoms with Crippen LogP contribution in [0.25, 0.3) is 10.2 Å². The number of ether oxygens (including phenoxy) is 2. The van der Waals surface area contributed by atoms with E-state index >= 15 is 0 Å². The molecule has 0 radical (unpaired) electrons. The molecule has 0 bridgehead atoms. The predicted octanol–water partition coefficient (Wildman–Crippen LogP) is 5.31. The molecule has 2 N–H and O–H groups in total. The van der Waals surface area contributed by atoms with E-state index in [1.54, 1.807) is 26.4 Å².